The fourth-order valence-corrected chi connectivity index (χ4v) is 2.58. The summed E-state index contributed by atoms with van der Waals surface area (Å²) in [6.07, 6.45) is 2.06. The van der Waals surface area contributed by atoms with Gasteiger partial charge in [0.2, 0.25) is 5.91 Å². The lowest BCUT2D eigenvalue weighted by atomic mass is 9.93. The Morgan fingerprint density at radius 1 is 1.43 bits per heavy atom. The number of carbonyl (C=O) groups excluding carboxylic acids is 1. The summed E-state index contributed by atoms with van der Waals surface area (Å²) in [5.74, 6) is -0.170. The molecule has 1 aromatic carbocycles. The van der Waals surface area contributed by atoms with Gasteiger partial charge in [0.15, 0.2) is 0 Å². The quantitative estimate of drug-likeness (QED) is 0.923. The zero-order valence-electron chi connectivity index (χ0n) is 12.8. The van der Waals surface area contributed by atoms with Crippen LogP contribution in [0.4, 0.5) is 0 Å². The Kier molecular flexibility index (Phi) is 4.98. The Morgan fingerprint density at radius 3 is 2.81 bits per heavy atom. The van der Waals surface area contributed by atoms with Crippen LogP contribution >= 0.6 is 0 Å². The van der Waals surface area contributed by atoms with Crippen LogP contribution in [0.15, 0.2) is 30.3 Å². The van der Waals surface area contributed by atoms with E-state index in [9.17, 15) is 4.79 Å². The summed E-state index contributed by atoms with van der Waals surface area (Å²) in [5, 5.41) is 12.0. The van der Waals surface area contributed by atoms with Crippen LogP contribution in [0, 0.1) is 16.7 Å². The molecule has 0 bridgehead atoms. The number of hydrogen-bond donors (Lipinski definition) is 1. The van der Waals surface area contributed by atoms with Crippen molar-refractivity contribution in [2.45, 2.75) is 39.3 Å². The molecule has 112 valence electrons. The number of carbonyl (C=O) groups is 1. The summed E-state index contributed by atoms with van der Waals surface area (Å²) in [6, 6.07) is 12.6. The van der Waals surface area contributed by atoms with E-state index in [1.165, 1.54) is 5.56 Å². The van der Waals surface area contributed by atoms with Crippen molar-refractivity contribution in [1.29, 1.82) is 5.26 Å². The maximum Gasteiger partial charge on any atom is 0.240 e. The Bertz CT molecular complexity index is 519. The number of benzene rings is 1. The Labute approximate surface area is 126 Å². The zero-order chi connectivity index (χ0) is 15.3. The van der Waals surface area contributed by atoms with E-state index in [1.54, 1.807) is 13.8 Å². The second-order valence-electron chi connectivity index (χ2n) is 6.27. The van der Waals surface area contributed by atoms with Crippen LogP contribution in [0.3, 0.4) is 0 Å². The second-order valence-corrected chi connectivity index (χ2v) is 6.27. The van der Waals surface area contributed by atoms with Gasteiger partial charge in [0.05, 0.1) is 6.07 Å². The Balaban J connectivity index is 1.89. The van der Waals surface area contributed by atoms with Crippen LogP contribution in [-0.2, 0) is 11.3 Å². The molecule has 1 fully saturated rings. The van der Waals surface area contributed by atoms with E-state index in [-0.39, 0.29) is 11.9 Å². The van der Waals surface area contributed by atoms with Gasteiger partial charge in [-0.3, -0.25) is 9.69 Å². The number of amides is 1. The third-order valence-corrected chi connectivity index (χ3v) is 3.94. The van der Waals surface area contributed by atoms with Crippen molar-refractivity contribution in [2.75, 3.05) is 13.1 Å². The van der Waals surface area contributed by atoms with Gasteiger partial charge < -0.3 is 5.32 Å². The van der Waals surface area contributed by atoms with Crippen LogP contribution in [0.25, 0.3) is 0 Å². The lowest BCUT2D eigenvalue weighted by molar-refractivity contribution is -0.127. The Morgan fingerprint density at radius 2 is 2.14 bits per heavy atom. The molecule has 1 aliphatic heterocycles. The first kappa shape index (κ1) is 15.5. The minimum absolute atomic E-state index is 0.141. The summed E-state index contributed by atoms with van der Waals surface area (Å²) in [5.41, 5.74) is 0.337. The standard InChI is InChI=1S/C17H23N3O/c1-17(2,13-18)16(21)19-15-9-6-10-20(12-15)11-14-7-4-3-5-8-14/h3-5,7-8,15H,6,9-12H2,1-2H3,(H,19,21). The highest BCUT2D eigenvalue weighted by molar-refractivity contribution is 5.84. The zero-order valence-corrected chi connectivity index (χ0v) is 12.8. The normalized spacial score (nSPS) is 19.8. The minimum atomic E-state index is -0.957. The van der Waals surface area contributed by atoms with E-state index in [2.05, 4.69) is 28.4 Å². The van der Waals surface area contributed by atoms with Crippen LogP contribution in [0.5, 0.6) is 0 Å². The maximum atomic E-state index is 12.1. The number of likely N-dealkylation sites (tertiary alicyclic amines) is 1. The number of hydrogen-bond acceptors (Lipinski definition) is 3. The lowest BCUT2D eigenvalue weighted by Crippen LogP contribution is -2.50. The van der Waals surface area contributed by atoms with E-state index in [0.29, 0.717) is 0 Å². The van der Waals surface area contributed by atoms with Crippen molar-refractivity contribution < 1.29 is 4.79 Å². The summed E-state index contributed by atoms with van der Waals surface area (Å²) in [4.78, 5) is 14.4. The SMILES string of the molecule is CC(C)(C#N)C(=O)NC1CCCN(Cc2ccccc2)C1. The van der Waals surface area contributed by atoms with Gasteiger partial charge in [0, 0.05) is 19.1 Å². The molecule has 1 N–H and O–H groups in total. The van der Waals surface area contributed by atoms with Crippen LogP contribution in [-0.4, -0.2) is 29.9 Å². The highest BCUT2D eigenvalue weighted by atomic mass is 16.2. The molecule has 0 spiro atoms. The smallest absolute Gasteiger partial charge is 0.240 e. The largest absolute Gasteiger partial charge is 0.351 e. The lowest BCUT2D eigenvalue weighted by Gasteiger charge is -2.34. The molecular weight excluding hydrogens is 262 g/mol. The molecule has 4 heteroatoms. The molecule has 21 heavy (non-hydrogen) atoms. The van der Waals surface area contributed by atoms with Gasteiger partial charge in [0.25, 0.3) is 0 Å². The van der Waals surface area contributed by atoms with Crippen molar-refractivity contribution in [2.24, 2.45) is 5.41 Å². The molecular formula is C17H23N3O. The molecule has 1 unspecified atom stereocenters. The number of nitriles is 1. The van der Waals surface area contributed by atoms with E-state index in [1.807, 2.05) is 18.2 Å². The molecule has 0 aliphatic carbocycles. The second kappa shape index (κ2) is 6.73. The van der Waals surface area contributed by atoms with Gasteiger partial charge in [-0.25, -0.2) is 0 Å². The van der Waals surface area contributed by atoms with Gasteiger partial charge in [-0.15, -0.1) is 0 Å². The summed E-state index contributed by atoms with van der Waals surface area (Å²) in [7, 11) is 0. The topological polar surface area (TPSA) is 56.1 Å². The van der Waals surface area contributed by atoms with Gasteiger partial charge in [-0.2, -0.15) is 5.26 Å². The van der Waals surface area contributed by atoms with Crippen molar-refractivity contribution in [1.82, 2.24) is 10.2 Å². The van der Waals surface area contributed by atoms with Crippen LogP contribution < -0.4 is 5.32 Å². The van der Waals surface area contributed by atoms with E-state index >= 15 is 0 Å². The molecule has 1 aliphatic rings. The van der Waals surface area contributed by atoms with Crippen molar-refractivity contribution in [3.8, 4) is 6.07 Å². The molecule has 1 saturated heterocycles. The van der Waals surface area contributed by atoms with E-state index in [0.717, 1.165) is 32.5 Å². The summed E-state index contributed by atoms with van der Waals surface area (Å²) in [6.45, 7) is 6.14. The summed E-state index contributed by atoms with van der Waals surface area (Å²) < 4.78 is 0. The molecule has 1 heterocycles. The van der Waals surface area contributed by atoms with Gasteiger partial charge >= 0.3 is 0 Å². The molecule has 2 rings (SSSR count). The highest BCUT2D eigenvalue weighted by Gasteiger charge is 2.30. The third kappa shape index (κ3) is 4.30. The predicted molar refractivity (Wildman–Crippen MR) is 82.3 cm³/mol. The minimum Gasteiger partial charge on any atom is -0.351 e. The number of nitrogens with zero attached hydrogens (tertiary/aromatic N) is 2. The molecule has 1 atom stereocenters. The van der Waals surface area contributed by atoms with E-state index < -0.39 is 5.41 Å². The van der Waals surface area contributed by atoms with Crippen molar-refractivity contribution in [3.05, 3.63) is 35.9 Å². The average molecular weight is 285 g/mol. The Hall–Kier alpha value is -1.86. The third-order valence-electron chi connectivity index (χ3n) is 3.94. The first-order valence-electron chi connectivity index (χ1n) is 7.50. The van der Waals surface area contributed by atoms with Gasteiger partial charge in [-0.1, -0.05) is 30.3 Å². The van der Waals surface area contributed by atoms with Gasteiger partial charge in [-0.05, 0) is 38.8 Å². The first-order chi connectivity index (χ1) is 10.0. The fraction of sp³-hybridized carbons (Fsp3) is 0.529. The molecule has 0 radical (unpaired) electrons. The number of nitrogens with one attached hydrogen (secondary N) is 1. The van der Waals surface area contributed by atoms with Crippen LogP contribution in [0.2, 0.25) is 0 Å². The number of rotatable bonds is 4. The fourth-order valence-electron chi connectivity index (χ4n) is 2.58. The monoisotopic (exact) mass is 285 g/mol. The van der Waals surface area contributed by atoms with E-state index in [4.69, 9.17) is 5.26 Å². The molecule has 0 aromatic heterocycles. The molecule has 1 amide bonds. The van der Waals surface area contributed by atoms with Gasteiger partial charge in [0.1, 0.15) is 5.41 Å². The molecule has 1 aromatic rings. The molecule has 4 nitrogen and oxygen atoms in total. The highest BCUT2D eigenvalue weighted by Crippen LogP contribution is 2.17. The maximum absolute atomic E-state index is 12.1. The predicted octanol–water partition coefficient (Wildman–Crippen LogP) is 2.32. The average Bonchev–Trinajstić information content (AvgIpc) is 2.48. The molecule has 0 saturated carbocycles. The van der Waals surface area contributed by atoms with Crippen molar-refractivity contribution >= 4 is 5.91 Å². The summed E-state index contributed by atoms with van der Waals surface area (Å²) >= 11 is 0. The first-order valence-corrected chi connectivity index (χ1v) is 7.50. The van der Waals surface area contributed by atoms with Crippen molar-refractivity contribution in [3.63, 3.8) is 0 Å². The van der Waals surface area contributed by atoms with Crippen LogP contribution in [0.1, 0.15) is 32.3 Å². The number of piperidine rings is 1.